The van der Waals surface area contributed by atoms with Gasteiger partial charge in [-0.15, -0.1) is 0 Å². The Labute approximate surface area is 106 Å². The number of fused-ring (bicyclic) bond motifs is 2. The molecule has 3 nitrogen and oxygen atoms in total. The Morgan fingerprint density at radius 1 is 1.00 bits per heavy atom. The van der Waals surface area contributed by atoms with Crippen LogP contribution in [-0.2, 0) is 4.79 Å². The van der Waals surface area contributed by atoms with Crippen molar-refractivity contribution in [2.75, 3.05) is 0 Å². The first-order chi connectivity index (χ1) is 8.68. The molecule has 0 unspecified atom stereocenters. The molecule has 0 aliphatic heterocycles. The van der Waals surface area contributed by atoms with Crippen LogP contribution in [0, 0.1) is 23.7 Å². The molecule has 2 N–H and O–H groups in total. The summed E-state index contributed by atoms with van der Waals surface area (Å²) in [5.41, 5.74) is 6.21. The van der Waals surface area contributed by atoms with Gasteiger partial charge in [-0.3, -0.25) is 9.59 Å². The summed E-state index contributed by atoms with van der Waals surface area (Å²) in [5.74, 6) is 0.0913. The van der Waals surface area contributed by atoms with E-state index in [0.29, 0.717) is 17.4 Å². The molecule has 2 fully saturated rings. The number of carbonyl (C=O) groups excluding carboxylic acids is 2. The topological polar surface area (TPSA) is 60.2 Å². The van der Waals surface area contributed by atoms with E-state index in [-0.39, 0.29) is 23.5 Å². The van der Waals surface area contributed by atoms with Gasteiger partial charge in [0.2, 0.25) is 5.91 Å². The molecule has 0 aromatic heterocycles. The molecule has 3 rings (SSSR count). The Balaban J connectivity index is 1.91. The molecular formula is C15H17NO2. The Bertz CT molecular complexity index is 483. The van der Waals surface area contributed by atoms with E-state index in [4.69, 9.17) is 5.73 Å². The molecule has 1 aromatic carbocycles. The molecule has 0 heterocycles. The van der Waals surface area contributed by atoms with Gasteiger partial charge in [0.1, 0.15) is 0 Å². The summed E-state index contributed by atoms with van der Waals surface area (Å²) in [6.45, 7) is 0. The van der Waals surface area contributed by atoms with Gasteiger partial charge in [0.05, 0.1) is 5.92 Å². The van der Waals surface area contributed by atoms with E-state index in [1.807, 2.05) is 30.3 Å². The highest BCUT2D eigenvalue weighted by molar-refractivity contribution is 6.01. The number of amides is 1. The second-order valence-corrected chi connectivity index (χ2v) is 5.52. The quantitative estimate of drug-likeness (QED) is 0.825. The van der Waals surface area contributed by atoms with Crippen LogP contribution < -0.4 is 5.73 Å². The fourth-order valence-corrected chi connectivity index (χ4v) is 3.87. The lowest BCUT2D eigenvalue weighted by Gasteiger charge is -2.27. The minimum absolute atomic E-state index is 0.103. The highest BCUT2D eigenvalue weighted by Gasteiger charge is 2.52. The lowest BCUT2D eigenvalue weighted by Crippen LogP contribution is -2.38. The fourth-order valence-electron chi connectivity index (χ4n) is 3.87. The monoisotopic (exact) mass is 243 g/mol. The van der Waals surface area contributed by atoms with E-state index in [1.54, 1.807) is 0 Å². The molecule has 0 radical (unpaired) electrons. The smallest absolute Gasteiger partial charge is 0.221 e. The van der Waals surface area contributed by atoms with Crippen molar-refractivity contribution in [2.24, 2.45) is 29.4 Å². The Kier molecular flexibility index (Phi) is 2.69. The number of ketones is 1. The third kappa shape index (κ3) is 1.65. The van der Waals surface area contributed by atoms with E-state index in [9.17, 15) is 9.59 Å². The normalized spacial score (nSPS) is 33.6. The van der Waals surface area contributed by atoms with Crippen molar-refractivity contribution < 1.29 is 9.59 Å². The summed E-state index contributed by atoms with van der Waals surface area (Å²) in [6, 6.07) is 9.27. The molecule has 2 bridgehead atoms. The lowest BCUT2D eigenvalue weighted by molar-refractivity contribution is -0.124. The largest absolute Gasteiger partial charge is 0.369 e. The van der Waals surface area contributed by atoms with Gasteiger partial charge in [-0.05, 0) is 31.1 Å². The van der Waals surface area contributed by atoms with Crippen LogP contribution in [0.4, 0.5) is 0 Å². The van der Waals surface area contributed by atoms with Gasteiger partial charge in [-0.2, -0.15) is 0 Å². The zero-order valence-electron chi connectivity index (χ0n) is 10.2. The van der Waals surface area contributed by atoms with Crippen molar-refractivity contribution >= 4 is 11.7 Å². The first-order valence-corrected chi connectivity index (χ1v) is 6.57. The number of carbonyl (C=O) groups is 2. The van der Waals surface area contributed by atoms with E-state index >= 15 is 0 Å². The molecule has 1 amide bonds. The van der Waals surface area contributed by atoms with Gasteiger partial charge in [-0.1, -0.05) is 30.3 Å². The van der Waals surface area contributed by atoms with Crippen LogP contribution >= 0.6 is 0 Å². The van der Waals surface area contributed by atoms with Gasteiger partial charge in [-0.25, -0.2) is 0 Å². The maximum atomic E-state index is 12.5. The predicted octanol–water partition coefficient (Wildman–Crippen LogP) is 2.02. The van der Waals surface area contributed by atoms with Gasteiger partial charge in [0.15, 0.2) is 5.78 Å². The van der Waals surface area contributed by atoms with Crippen LogP contribution in [0.15, 0.2) is 30.3 Å². The van der Waals surface area contributed by atoms with E-state index in [1.165, 1.54) is 0 Å². The second kappa shape index (κ2) is 4.23. The molecule has 4 atom stereocenters. The average Bonchev–Trinajstić information content (AvgIpc) is 2.99. The standard InChI is InChI=1S/C15H17NO2/c16-15(18)13-11-7-6-10(8-11)12(13)14(17)9-4-2-1-3-5-9/h1-5,10-13H,6-8H2,(H2,16,18)/t10-,11-,12+,13-/m0/s1. The number of benzene rings is 1. The lowest BCUT2D eigenvalue weighted by atomic mass is 9.75. The second-order valence-electron chi connectivity index (χ2n) is 5.52. The maximum Gasteiger partial charge on any atom is 0.221 e. The summed E-state index contributed by atoms with van der Waals surface area (Å²) < 4.78 is 0. The summed E-state index contributed by atoms with van der Waals surface area (Å²) in [5, 5.41) is 0. The fraction of sp³-hybridized carbons (Fsp3) is 0.467. The van der Waals surface area contributed by atoms with Crippen LogP contribution in [0.25, 0.3) is 0 Å². The first kappa shape index (κ1) is 11.5. The van der Waals surface area contributed by atoms with Crippen molar-refractivity contribution in [1.29, 1.82) is 0 Å². The van der Waals surface area contributed by atoms with Crippen molar-refractivity contribution in [3.8, 4) is 0 Å². The molecule has 94 valence electrons. The van der Waals surface area contributed by atoms with E-state index in [2.05, 4.69) is 0 Å². The number of rotatable bonds is 3. The van der Waals surface area contributed by atoms with E-state index in [0.717, 1.165) is 19.3 Å². The minimum Gasteiger partial charge on any atom is -0.369 e. The average molecular weight is 243 g/mol. The molecule has 0 spiro atoms. The van der Waals surface area contributed by atoms with Crippen molar-refractivity contribution in [3.05, 3.63) is 35.9 Å². The van der Waals surface area contributed by atoms with Gasteiger partial charge < -0.3 is 5.73 Å². The summed E-state index contributed by atoms with van der Waals surface area (Å²) in [7, 11) is 0. The summed E-state index contributed by atoms with van der Waals surface area (Å²) in [4.78, 5) is 24.2. The summed E-state index contributed by atoms with van der Waals surface area (Å²) in [6.07, 6.45) is 3.12. The van der Waals surface area contributed by atoms with Crippen LogP contribution in [0.3, 0.4) is 0 Å². The molecule has 18 heavy (non-hydrogen) atoms. The van der Waals surface area contributed by atoms with Crippen LogP contribution in [-0.4, -0.2) is 11.7 Å². The molecule has 1 aromatic rings. The van der Waals surface area contributed by atoms with Crippen LogP contribution in [0.1, 0.15) is 29.6 Å². The van der Waals surface area contributed by atoms with Crippen molar-refractivity contribution in [3.63, 3.8) is 0 Å². The van der Waals surface area contributed by atoms with E-state index < -0.39 is 0 Å². The Morgan fingerprint density at radius 3 is 2.22 bits per heavy atom. The Hall–Kier alpha value is -1.64. The maximum absolute atomic E-state index is 12.5. The molecule has 2 saturated carbocycles. The number of hydrogen-bond donors (Lipinski definition) is 1. The number of Topliss-reactive ketones (excluding diaryl/α,β-unsaturated/α-hetero) is 1. The van der Waals surface area contributed by atoms with Crippen LogP contribution in [0.5, 0.6) is 0 Å². The third-order valence-electron chi connectivity index (χ3n) is 4.61. The van der Waals surface area contributed by atoms with Gasteiger partial charge in [0.25, 0.3) is 0 Å². The highest BCUT2D eigenvalue weighted by atomic mass is 16.1. The van der Waals surface area contributed by atoms with Crippen molar-refractivity contribution in [2.45, 2.75) is 19.3 Å². The zero-order valence-corrected chi connectivity index (χ0v) is 10.2. The third-order valence-corrected chi connectivity index (χ3v) is 4.61. The van der Waals surface area contributed by atoms with Gasteiger partial charge in [0, 0.05) is 11.5 Å². The SMILES string of the molecule is NC(=O)[C@H]1[C@H]2CC[C@@H](C2)[C@H]1C(=O)c1ccccc1. The molecular weight excluding hydrogens is 226 g/mol. The number of nitrogens with two attached hydrogens (primary N) is 1. The minimum atomic E-state index is -0.295. The first-order valence-electron chi connectivity index (χ1n) is 6.57. The Morgan fingerprint density at radius 2 is 1.61 bits per heavy atom. The molecule has 3 heteroatoms. The number of primary amides is 1. The number of hydrogen-bond acceptors (Lipinski definition) is 2. The zero-order chi connectivity index (χ0) is 12.7. The molecule has 2 aliphatic rings. The predicted molar refractivity (Wildman–Crippen MR) is 67.8 cm³/mol. The summed E-state index contributed by atoms with van der Waals surface area (Å²) >= 11 is 0. The van der Waals surface area contributed by atoms with Crippen LogP contribution in [0.2, 0.25) is 0 Å². The highest BCUT2D eigenvalue weighted by Crippen LogP contribution is 2.53. The van der Waals surface area contributed by atoms with Gasteiger partial charge >= 0.3 is 0 Å². The molecule has 2 aliphatic carbocycles. The van der Waals surface area contributed by atoms with Crippen molar-refractivity contribution in [1.82, 2.24) is 0 Å². The molecule has 0 saturated heterocycles.